The molecule has 32 heavy (non-hydrogen) atoms. The minimum atomic E-state index is -0.317. The lowest BCUT2D eigenvalue weighted by molar-refractivity contribution is 0.0748. The maximum absolute atomic E-state index is 12.4. The number of rotatable bonds is 9. The summed E-state index contributed by atoms with van der Waals surface area (Å²) in [7, 11) is 1.46. The molecule has 0 aliphatic heterocycles. The summed E-state index contributed by atoms with van der Waals surface area (Å²) in [6.07, 6.45) is 3.32. The van der Waals surface area contributed by atoms with Gasteiger partial charge >= 0.3 is 0 Å². The standard InChI is InChI=1S/C24H23N5O3/c1-31-17-22(30)29-24(27-23(28-29)20-8-5-13-25-15-20)26-14-18-9-11-21(12-10-18)32-16-19-6-3-2-4-7-19/h2-13,15H,14,16-17H2,1H3,(H,26,27,28). The first-order chi connectivity index (χ1) is 15.7. The number of hydrogen-bond acceptors (Lipinski definition) is 7. The number of methoxy groups -OCH3 is 1. The van der Waals surface area contributed by atoms with Gasteiger partial charge in [-0.25, -0.2) is 0 Å². The van der Waals surface area contributed by atoms with Gasteiger partial charge in [0.15, 0.2) is 5.82 Å². The van der Waals surface area contributed by atoms with Crippen LogP contribution in [0.2, 0.25) is 0 Å². The normalized spacial score (nSPS) is 10.7. The molecule has 1 N–H and O–H groups in total. The number of carbonyl (C=O) groups excluding carboxylic acids is 1. The first kappa shape index (κ1) is 21.2. The summed E-state index contributed by atoms with van der Waals surface area (Å²) >= 11 is 0. The average molecular weight is 429 g/mol. The molecule has 0 aliphatic carbocycles. The second kappa shape index (κ2) is 10.3. The summed E-state index contributed by atoms with van der Waals surface area (Å²) in [5.74, 6) is 1.22. The number of aromatic nitrogens is 4. The first-order valence-electron chi connectivity index (χ1n) is 10.1. The van der Waals surface area contributed by atoms with Crippen LogP contribution in [0.4, 0.5) is 5.95 Å². The number of benzene rings is 2. The number of ether oxygens (including phenoxy) is 2. The van der Waals surface area contributed by atoms with E-state index in [9.17, 15) is 4.79 Å². The summed E-state index contributed by atoms with van der Waals surface area (Å²) < 4.78 is 12.0. The Balaban J connectivity index is 1.43. The van der Waals surface area contributed by atoms with E-state index in [0.29, 0.717) is 24.9 Å². The molecule has 0 aliphatic rings. The molecule has 0 radical (unpaired) electrons. The highest BCUT2D eigenvalue weighted by Crippen LogP contribution is 2.19. The summed E-state index contributed by atoms with van der Waals surface area (Å²) in [4.78, 5) is 21.0. The molecule has 4 rings (SSSR count). The molecule has 8 nitrogen and oxygen atoms in total. The molecule has 2 aromatic carbocycles. The van der Waals surface area contributed by atoms with E-state index >= 15 is 0 Å². The lowest BCUT2D eigenvalue weighted by Gasteiger charge is -2.09. The lowest BCUT2D eigenvalue weighted by Crippen LogP contribution is -2.20. The van der Waals surface area contributed by atoms with Crippen LogP contribution in [0.25, 0.3) is 11.4 Å². The van der Waals surface area contributed by atoms with Crippen molar-refractivity contribution in [3.05, 3.63) is 90.3 Å². The fourth-order valence-electron chi connectivity index (χ4n) is 3.03. The summed E-state index contributed by atoms with van der Waals surface area (Å²) in [6, 6.07) is 21.4. The molecule has 2 aromatic heterocycles. The molecule has 0 saturated carbocycles. The van der Waals surface area contributed by atoms with Gasteiger partial charge in [-0.2, -0.15) is 9.67 Å². The van der Waals surface area contributed by atoms with Gasteiger partial charge in [0.1, 0.15) is 19.0 Å². The molecule has 0 atom stereocenters. The lowest BCUT2D eigenvalue weighted by atomic mass is 10.2. The van der Waals surface area contributed by atoms with Gasteiger partial charge < -0.3 is 14.8 Å². The van der Waals surface area contributed by atoms with Crippen molar-refractivity contribution in [2.24, 2.45) is 0 Å². The van der Waals surface area contributed by atoms with Crippen LogP contribution in [0, 0.1) is 0 Å². The summed E-state index contributed by atoms with van der Waals surface area (Å²) in [6.45, 7) is 0.878. The van der Waals surface area contributed by atoms with E-state index in [1.807, 2.05) is 60.7 Å². The molecule has 0 unspecified atom stereocenters. The monoisotopic (exact) mass is 429 g/mol. The first-order valence-corrected chi connectivity index (χ1v) is 10.1. The molecule has 2 heterocycles. The maximum Gasteiger partial charge on any atom is 0.276 e. The zero-order chi connectivity index (χ0) is 22.2. The Kier molecular flexibility index (Phi) is 6.84. The van der Waals surface area contributed by atoms with Gasteiger partial charge in [-0.1, -0.05) is 42.5 Å². The van der Waals surface area contributed by atoms with E-state index in [4.69, 9.17) is 9.47 Å². The van der Waals surface area contributed by atoms with Crippen LogP contribution < -0.4 is 10.1 Å². The van der Waals surface area contributed by atoms with Gasteiger partial charge in [0.05, 0.1) is 0 Å². The van der Waals surface area contributed by atoms with Crippen molar-refractivity contribution in [2.45, 2.75) is 13.2 Å². The molecule has 0 bridgehead atoms. The number of nitrogens with one attached hydrogen (secondary N) is 1. The minimum Gasteiger partial charge on any atom is -0.489 e. The molecule has 8 heteroatoms. The summed E-state index contributed by atoms with van der Waals surface area (Å²) in [5.41, 5.74) is 2.84. The third-order valence-corrected chi connectivity index (χ3v) is 4.65. The van der Waals surface area contributed by atoms with E-state index in [1.54, 1.807) is 18.5 Å². The van der Waals surface area contributed by atoms with Crippen molar-refractivity contribution in [2.75, 3.05) is 19.0 Å². The second-order valence-corrected chi connectivity index (χ2v) is 7.01. The van der Waals surface area contributed by atoms with Crippen LogP contribution in [-0.2, 0) is 17.9 Å². The van der Waals surface area contributed by atoms with E-state index in [2.05, 4.69) is 20.4 Å². The van der Waals surface area contributed by atoms with Crippen molar-refractivity contribution < 1.29 is 14.3 Å². The number of anilines is 1. The number of nitrogens with zero attached hydrogens (tertiary/aromatic N) is 4. The van der Waals surface area contributed by atoms with Crippen LogP contribution in [0.5, 0.6) is 5.75 Å². The van der Waals surface area contributed by atoms with Crippen molar-refractivity contribution >= 4 is 11.9 Å². The van der Waals surface area contributed by atoms with Gasteiger partial charge in [0.25, 0.3) is 5.91 Å². The quantitative estimate of drug-likeness (QED) is 0.432. The van der Waals surface area contributed by atoms with Gasteiger partial charge in [-0.05, 0) is 35.4 Å². The van der Waals surface area contributed by atoms with Crippen molar-refractivity contribution in [3.8, 4) is 17.1 Å². The Morgan fingerprint density at radius 2 is 1.81 bits per heavy atom. The van der Waals surface area contributed by atoms with Crippen molar-refractivity contribution in [1.29, 1.82) is 0 Å². The van der Waals surface area contributed by atoms with E-state index < -0.39 is 0 Å². The number of carbonyl (C=O) groups is 1. The maximum atomic E-state index is 12.4. The molecule has 0 amide bonds. The zero-order valence-corrected chi connectivity index (χ0v) is 17.6. The predicted octanol–water partition coefficient (Wildman–Crippen LogP) is 3.82. The average Bonchev–Trinajstić information content (AvgIpc) is 3.28. The topological polar surface area (TPSA) is 91.2 Å². The fraction of sp³-hybridized carbons (Fsp3) is 0.167. The molecule has 0 saturated heterocycles. The Bertz CT molecular complexity index is 1150. The molecule has 0 spiro atoms. The van der Waals surface area contributed by atoms with Crippen LogP contribution in [0.1, 0.15) is 15.9 Å². The number of hydrogen-bond donors (Lipinski definition) is 1. The van der Waals surface area contributed by atoms with Crippen LogP contribution in [0.15, 0.2) is 79.1 Å². The molecule has 4 aromatic rings. The highest BCUT2D eigenvalue weighted by atomic mass is 16.5. The smallest absolute Gasteiger partial charge is 0.276 e. The van der Waals surface area contributed by atoms with E-state index in [-0.39, 0.29) is 12.5 Å². The van der Waals surface area contributed by atoms with Crippen LogP contribution >= 0.6 is 0 Å². The van der Waals surface area contributed by atoms with Gasteiger partial charge in [-0.15, -0.1) is 5.10 Å². The molecule has 0 fully saturated rings. The Labute approximate surface area is 185 Å². The second-order valence-electron chi connectivity index (χ2n) is 7.01. The summed E-state index contributed by atoms with van der Waals surface area (Å²) in [5, 5.41) is 7.52. The SMILES string of the molecule is COCC(=O)n1nc(-c2cccnc2)nc1NCc1ccc(OCc2ccccc2)cc1. The fourth-order valence-corrected chi connectivity index (χ4v) is 3.03. The third kappa shape index (κ3) is 5.35. The largest absolute Gasteiger partial charge is 0.489 e. The predicted molar refractivity (Wildman–Crippen MR) is 120 cm³/mol. The van der Waals surface area contributed by atoms with Gasteiger partial charge in [0, 0.05) is 31.6 Å². The Morgan fingerprint density at radius 3 is 2.53 bits per heavy atom. The van der Waals surface area contributed by atoms with Crippen LogP contribution in [-0.4, -0.2) is 39.4 Å². The van der Waals surface area contributed by atoms with E-state index in [1.165, 1.54) is 11.8 Å². The van der Waals surface area contributed by atoms with Crippen molar-refractivity contribution in [1.82, 2.24) is 19.7 Å². The molecular formula is C24H23N5O3. The van der Waals surface area contributed by atoms with Crippen molar-refractivity contribution in [3.63, 3.8) is 0 Å². The Hall–Kier alpha value is -4.04. The number of pyridine rings is 1. The highest BCUT2D eigenvalue weighted by molar-refractivity contribution is 5.82. The highest BCUT2D eigenvalue weighted by Gasteiger charge is 2.17. The molecule has 162 valence electrons. The Morgan fingerprint density at radius 1 is 1.00 bits per heavy atom. The minimum absolute atomic E-state index is 0.0992. The van der Waals surface area contributed by atoms with E-state index in [0.717, 1.165) is 22.4 Å². The van der Waals surface area contributed by atoms with Gasteiger partial charge in [0.2, 0.25) is 5.95 Å². The van der Waals surface area contributed by atoms with Crippen LogP contribution in [0.3, 0.4) is 0 Å². The zero-order valence-electron chi connectivity index (χ0n) is 17.6. The third-order valence-electron chi connectivity index (χ3n) is 4.65. The van der Waals surface area contributed by atoms with Gasteiger partial charge in [-0.3, -0.25) is 9.78 Å². The molecular weight excluding hydrogens is 406 g/mol.